The van der Waals surface area contributed by atoms with Crippen LogP contribution in [0.15, 0.2) is 24.4 Å². The first kappa shape index (κ1) is 14.9. The Labute approximate surface area is 142 Å². The van der Waals surface area contributed by atoms with Crippen LogP contribution >= 0.6 is 11.3 Å². The number of nitrogens with one attached hydrogen (secondary N) is 1. The molecule has 124 valence electrons. The van der Waals surface area contributed by atoms with Gasteiger partial charge in [-0.3, -0.25) is 9.59 Å². The molecule has 0 unspecified atom stereocenters. The van der Waals surface area contributed by atoms with Crippen molar-refractivity contribution in [2.45, 2.75) is 13.3 Å². The summed E-state index contributed by atoms with van der Waals surface area (Å²) in [6, 6.07) is 5.34. The van der Waals surface area contributed by atoms with Gasteiger partial charge >= 0.3 is 0 Å². The molecule has 2 amide bonds. The van der Waals surface area contributed by atoms with E-state index in [-0.39, 0.29) is 25.0 Å². The number of rotatable bonds is 3. The fourth-order valence-electron chi connectivity index (χ4n) is 2.81. The summed E-state index contributed by atoms with van der Waals surface area (Å²) in [5, 5.41) is 3.35. The summed E-state index contributed by atoms with van der Waals surface area (Å²) in [6.45, 7) is 2.45. The van der Waals surface area contributed by atoms with Gasteiger partial charge in [0.2, 0.25) is 18.6 Å². The summed E-state index contributed by atoms with van der Waals surface area (Å²) in [7, 11) is 0. The van der Waals surface area contributed by atoms with Crippen molar-refractivity contribution in [3.63, 3.8) is 0 Å². The number of carbonyl (C=O) groups is 2. The zero-order valence-electron chi connectivity index (χ0n) is 12.9. The van der Waals surface area contributed by atoms with Crippen molar-refractivity contribution in [2.24, 2.45) is 5.92 Å². The Bertz CT molecular complexity index is 819. The summed E-state index contributed by atoms with van der Waals surface area (Å²) in [4.78, 5) is 31.4. The predicted molar refractivity (Wildman–Crippen MR) is 88.5 cm³/mol. The van der Waals surface area contributed by atoms with Gasteiger partial charge in [-0.2, -0.15) is 0 Å². The number of hydrogen-bond acceptors (Lipinski definition) is 6. The van der Waals surface area contributed by atoms with Gasteiger partial charge in [-0.15, -0.1) is 11.3 Å². The minimum Gasteiger partial charge on any atom is -0.454 e. The number of carbonyl (C=O) groups excluding carboxylic acids is 2. The average molecular weight is 345 g/mol. The number of hydrogen-bond donors (Lipinski definition) is 1. The van der Waals surface area contributed by atoms with E-state index in [1.165, 1.54) is 11.3 Å². The molecule has 3 heterocycles. The predicted octanol–water partition coefficient (Wildman–Crippen LogP) is 2.17. The van der Waals surface area contributed by atoms with Crippen LogP contribution in [0.1, 0.15) is 11.3 Å². The number of fused-ring (bicyclic) bond motifs is 1. The van der Waals surface area contributed by atoms with Crippen molar-refractivity contribution in [1.82, 2.24) is 4.98 Å². The fraction of sp³-hybridized carbons (Fsp3) is 0.312. The van der Waals surface area contributed by atoms with Crippen molar-refractivity contribution in [3.05, 3.63) is 29.3 Å². The van der Waals surface area contributed by atoms with E-state index in [0.29, 0.717) is 28.9 Å². The highest BCUT2D eigenvalue weighted by Crippen LogP contribution is 2.37. The lowest BCUT2D eigenvalue weighted by atomic mass is 10.1. The van der Waals surface area contributed by atoms with Gasteiger partial charge in [-0.25, -0.2) is 4.98 Å². The summed E-state index contributed by atoms with van der Waals surface area (Å²) >= 11 is 1.41. The van der Waals surface area contributed by atoms with Gasteiger partial charge in [-0.05, 0) is 19.1 Å². The van der Waals surface area contributed by atoms with Crippen LogP contribution in [0.3, 0.4) is 0 Å². The van der Waals surface area contributed by atoms with E-state index in [0.717, 1.165) is 4.88 Å². The lowest BCUT2D eigenvalue weighted by Crippen LogP contribution is -2.28. The van der Waals surface area contributed by atoms with Gasteiger partial charge in [0.15, 0.2) is 16.6 Å². The minimum atomic E-state index is -0.396. The molecule has 1 aromatic heterocycles. The number of aryl methyl sites for hydroxylation is 1. The number of anilines is 2. The van der Waals surface area contributed by atoms with Gasteiger partial charge in [0.05, 0.1) is 5.92 Å². The van der Waals surface area contributed by atoms with E-state index in [2.05, 4.69) is 10.3 Å². The molecule has 1 fully saturated rings. The van der Waals surface area contributed by atoms with E-state index in [9.17, 15) is 9.59 Å². The van der Waals surface area contributed by atoms with Crippen LogP contribution in [0.2, 0.25) is 0 Å². The second-order valence-electron chi connectivity index (χ2n) is 5.71. The molecule has 0 spiro atoms. The first-order valence-electron chi connectivity index (χ1n) is 7.53. The highest BCUT2D eigenvalue weighted by molar-refractivity contribution is 7.15. The van der Waals surface area contributed by atoms with Gasteiger partial charge in [0, 0.05) is 35.8 Å². The van der Waals surface area contributed by atoms with Crippen molar-refractivity contribution >= 4 is 34.0 Å². The first-order chi connectivity index (χ1) is 11.6. The molecule has 2 aliphatic rings. The van der Waals surface area contributed by atoms with E-state index < -0.39 is 5.92 Å². The monoisotopic (exact) mass is 345 g/mol. The van der Waals surface area contributed by atoms with Crippen LogP contribution in [0.5, 0.6) is 11.5 Å². The quantitative estimate of drug-likeness (QED) is 0.922. The average Bonchev–Trinajstić information content (AvgIpc) is 3.26. The topological polar surface area (TPSA) is 80.8 Å². The van der Waals surface area contributed by atoms with Crippen molar-refractivity contribution in [2.75, 3.05) is 23.6 Å². The zero-order valence-corrected chi connectivity index (χ0v) is 13.8. The van der Waals surface area contributed by atoms with Crippen molar-refractivity contribution in [1.29, 1.82) is 0 Å². The second kappa shape index (κ2) is 5.79. The largest absolute Gasteiger partial charge is 0.454 e. The number of thiazole rings is 1. The molecular formula is C16H15N3O4S. The molecule has 2 aromatic rings. The normalized spacial score (nSPS) is 19.0. The van der Waals surface area contributed by atoms with E-state index in [1.54, 1.807) is 29.3 Å². The van der Waals surface area contributed by atoms with Gasteiger partial charge < -0.3 is 19.7 Å². The first-order valence-corrected chi connectivity index (χ1v) is 8.35. The molecule has 1 saturated heterocycles. The highest BCUT2D eigenvalue weighted by Gasteiger charge is 2.36. The Kier molecular flexibility index (Phi) is 3.61. The van der Waals surface area contributed by atoms with Crippen LogP contribution in [-0.4, -0.2) is 30.1 Å². The fourth-order valence-corrected chi connectivity index (χ4v) is 3.47. The maximum absolute atomic E-state index is 12.4. The molecule has 0 radical (unpaired) electrons. The number of benzene rings is 1. The molecule has 4 rings (SSSR count). The second-order valence-corrected chi connectivity index (χ2v) is 6.94. The van der Waals surface area contributed by atoms with Crippen molar-refractivity contribution in [3.8, 4) is 11.5 Å². The maximum atomic E-state index is 12.4. The van der Waals surface area contributed by atoms with Crippen LogP contribution in [0.4, 0.5) is 10.8 Å². The summed E-state index contributed by atoms with van der Waals surface area (Å²) in [5.74, 6) is 0.627. The molecule has 8 heteroatoms. The third-order valence-electron chi connectivity index (χ3n) is 4.02. The molecule has 1 aromatic carbocycles. The minimum absolute atomic E-state index is 0.0793. The standard InChI is InChI=1S/C16H15N3O4S/c1-9-6-17-16(24-9)18-15(21)10-4-14(20)19(7-10)11-2-3-12-13(5-11)23-8-22-12/h2-3,5-6,10H,4,7-8H2,1H3,(H,17,18,21)/t10-/m0/s1. The Hall–Kier alpha value is -2.61. The number of amides is 2. The Morgan fingerprint density at radius 1 is 1.38 bits per heavy atom. The molecule has 7 nitrogen and oxygen atoms in total. The third kappa shape index (κ3) is 2.69. The SMILES string of the molecule is Cc1cnc(NC(=O)[C@H]2CC(=O)N(c3ccc4c(c3)OCO4)C2)s1. The summed E-state index contributed by atoms with van der Waals surface area (Å²) < 4.78 is 10.6. The molecule has 1 N–H and O–H groups in total. The van der Waals surface area contributed by atoms with Gasteiger partial charge in [0.1, 0.15) is 0 Å². The number of aromatic nitrogens is 1. The molecule has 24 heavy (non-hydrogen) atoms. The van der Waals surface area contributed by atoms with Crippen LogP contribution in [0.25, 0.3) is 0 Å². The Morgan fingerprint density at radius 2 is 2.21 bits per heavy atom. The summed E-state index contributed by atoms with van der Waals surface area (Å²) in [6.07, 6.45) is 1.89. The van der Waals surface area contributed by atoms with Crippen LogP contribution < -0.4 is 19.7 Å². The van der Waals surface area contributed by atoms with Crippen LogP contribution in [0, 0.1) is 12.8 Å². The third-order valence-corrected chi connectivity index (χ3v) is 4.84. The molecule has 0 saturated carbocycles. The highest BCUT2D eigenvalue weighted by atomic mass is 32.1. The lowest BCUT2D eigenvalue weighted by molar-refractivity contribution is -0.122. The molecule has 0 bridgehead atoms. The van der Waals surface area contributed by atoms with E-state index in [1.807, 2.05) is 6.92 Å². The Balaban J connectivity index is 1.47. The van der Waals surface area contributed by atoms with Crippen molar-refractivity contribution < 1.29 is 19.1 Å². The summed E-state index contributed by atoms with van der Waals surface area (Å²) in [5.41, 5.74) is 0.713. The van der Waals surface area contributed by atoms with Gasteiger partial charge in [0.25, 0.3) is 0 Å². The molecule has 2 aliphatic heterocycles. The maximum Gasteiger partial charge on any atom is 0.231 e. The zero-order chi connectivity index (χ0) is 16.7. The van der Waals surface area contributed by atoms with Crippen LogP contribution in [-0.2, 0) is 9.59 Å². The molecule has 0 aliphatic carbocycles. The van der Waals surface area contributed by atoms with Gasteiger partial charge in [-0.1, -0.05) is 0 Å². The van der Waals surface area contributed by atoms with E-state index in [4.69, 9.17) is 9.47 Å². The lowest BCUT2D eigenvalue weighted by Gasteiger charge is -2.17. The number of nitrogens with zero attached hydrogens (tertiary/aromatic N) is 2. The molecule has 1 atom stereocenters. The molecular weight excluding hydrogens is 330 g/mol. The van der Waals surface area contributed by atoms with E-state index >= 15 is 0 Å². The Morgan fingerprint density at radius 3 is 3.00 bits per heavy atom. The number of ether oxygens (including phenoxy) is 2. The smallest absolute Gasteiger partial charge is 0.231 e.